The van der Waals surface area contributed by atoms with Crippen LogP contribution in [0.5, 0.6) is 0 Å². The zero-order chi connectivity index (χ0) is 20.5. The molecule has 2 N–H and O–H groups in total. The Morgan fingerprint density at radius 2 is 1.93 bits per heavy atom. The Kier molecular flexibility index (Phi) is 5.37. The van der Waals surface area contributed by atoms with Gasteiger partial charge in [0.2, 0.25) is 0 Å². The summed E-state index contributed by atoms with van der Waals surface area (Å²) in [6.07, 6.45) is 4.51. The van der Waals surface area contributed by atoms with Crippen LogP contribution in [-0.2, 0) is 13.0 Å². The molecule has 0 aliphatic carbocycles. The van der Waals surface area contributed by atoms with Crippen molar-refractivity contribution >= 4 is 39.7 Å². The van der Waals surface area contributed by atoms with Gasteiger partial charge in [0.15, 0.2) is 10.3 Å². The largest absolute Gasteiger partial charge is 0.336 e. The van der Waals surface area contributed by atoms with Crippen molar-refractivity contribution < 1.29 is 9.59 Å². The van der Waals surface area contributed by atoms with E-state index < -0.39 is 0 Å². The number of amides is 3. The molecule has 3 aromatic heterocycles. The van der Waals surface area contributed by atoms with Gasteiger partial charge in [0, 0.05) is 36.3 Å². The van der Waals surface area contributed by atoms with Crippen molar-refractivity contribution in [2.24, 2.45) is 0 Å². The molecule has 1 aliphatic heterocycles. The van der Waals surface area contributed by atoms with Crippen LogP contribution in [0.15, 0.2) is 24.5 Å². The number of carbonyl (C=O) groups is 2. The second-order valence-corrected chi connectivity index (χ2v) is 9.18. The van der Waals surface area contributed by atoms with Gasteiger partial charge in [0.25, 0.3) is 5.91 Å². The average molecular weight is 431 g/mol. The van der Waals surface area contributed by atoms with Crippen molar-refractivity contribution in [3.05, 3.63) is 45.7 Å². The molecule has 0 spiro atoms. The number of anilines is 1. The van der Waals surface area contributed by atoms with E-state index in [4.69, 9.17) is 0 Å². The van der Waals surface area contributed by atoms with Crippen molar-refractivity contribution in [1.29, 1.82) is 0 Å². The van der Waals surface area contributed by atoms with E-state index in [-0.39, 0.29) is 18.0 Å². The summed E-state index contributed by atoms with van der Waals surface area (Å²) in [6, 6.07) is 3.65. The van der Waals surface area contributed by atoms with E-state index in [1.807, 2.05) is 54.8 Å². The van der Waals surface area contributed by atoms with Gasteiger partial charge in [0.1, 0.15) is 4.88 Å². The molecule has 0 saturated carbocycles. The van der Waals surface area contributed by atoms with Gasteiger partial charge in [-0.05, 0) is 32.9 Å². The van der Waals surface area contributed by atoms with Crippen molar-refractivity contribution in [2.75, 3.05) is 11.9 Å². The molecule has 0 saturated heterocycles. The average Bonchev–Trinajstić information content (AvgIpc) is 3.38. The first-order valence-electron chi connectivity index (χ1n) is 9.37. The minimum atomic E-state index is -0.267. The quantitative estimate of drug-likeness (QED) is 0.663. The first-order valence-corrected chi connectivity index (χ1v) is 11.0. The van der Waals surface area contributed by atoms with E-state index in [2.05, 4.69) is 20.6 Å². The monoisotopic (exact) mass is 430 g/mol. The van der Waals surface area contributed by atoms with Crippen LogP contribution in [-0.4, -0.2) is 44.0 Å². The summed E-state index contributed by atoms with van der Waals surface area (Å²) in [5, 5.41) is 6.91. The molecule has 0 radical (unpaired) electrons. The minimum absolute atomic E-state index is 0.00971. The van der Waals surface area contributed by atoms with Gasteiger partial charge in [-0.3, -0.25) is 10.1 Å². The van der Waals surface area contributed by atoms with E-state index in [1.165, 1.54) is 22.7 Å². The summed E-state index contributed by atoms with van der Waals surface area (Å²) in [4.78, 5) is 37.6. The lowest BCUT2D eigenvalue weighted by Gasteiger charge is -2.25. The molecule has 3 aromatic rings. The number of aromatic nitrogens is 3. The van der Waals surface area contributed by atoms with Crippen LogP contribution >= 0.6 is 22.7 Å². The first-order chi connectivity index (χ1) is 13.9. The summed E-state index contributed by atoms with van der Waals surface area (Å²) < 4.78 is 1.91. The van der Waals surface area contributed by atoms with Crippen LogP contribution in [0.3, 0.4) is 0 Å². The second-order valence-electron chi connectivity index (χ2n) is 7.12. The third-order valence-corrected chi connectivity index (χ3v) is 6.62. The molecule has 0 unspecified atom stereocenters. The Hall–Kier alpha value is -2.72. The predicted molar refractivity (Wildman–Crippen MR) is 114 cm³/mol. The highest BCUT2D eigenvalue weighted by molar-refractivity contribution is 7.16. The van der Waals surface area contributed by atoms with Gasteiger partial charge < -0.3 is 14.8 Å². The van der Waals surface area contributed by atoms with Gasteiger partial charge in [-0.25, -0.2) is 14.8 Å². The highest BCUT2D eigenvalue weighted by Gasteiger charge is 2.28. The molecular weight excluding hydrogens is 408 g/mol. The Morgan fingerprint density at radius 3 is 2.66 bits per heavy atom. The Labute approximate surface area is 176 Å². The normalized spacial score (nSPS) is 13.4. The van der Waals surface area contributed by atoms with Crippen molar-refractivity contribution in [2.45, 2.75) is 39.8 Å². The standard InChI is InChI=1S/C19H22N6O2S2/c1-11(2)20-17(27)23-18-22-13-6-9-25(10-14(13)28-18)16(26)15-12(3)21-19(29-15)24-7-4-5-8-24/h4-5,7-8,11H,6,9-10H2,1-3H3,(H2,20,22,23,27). The Balaban J connectivity index is 1.47. The summed E-state index contributed by atoms with van der Waals surface area (Å²) in [5.41, 5.74) is 1.69. The number of nitrogens with zero attached hydrogens (tertiary/aromatic N) is 4. The van der Waals surface area contributed by atoms with Crippen LogP contribution in [0.1, 0.15) is 39.8 Å². The fourth-order valence-electron chi connectivity index (χ4n) is 3.11. The van der Waals surface area contributed by atoms with Gasteiger partial charge in [0.05, 0.1) is 17.9 Å². The van der Waals surface area contributed by atoms with Crippen molar-refractivity contribution in [3.8, 4) is 5.13 Å². The van der Waals surface area contributed by atoms with E-state index in [0.29, 0.717) is 29.5 Å². The lowest BCUT2D eigenvalue weighted by molar-refractivity contribution is 0.0740. The lowest BCUT2D eigenvalue weighted by Crippen LogP contribution is -2.35. The number of rotatable bonds is 4. The number of urea groups is 1. The van der Waals surface area contributed by atoms with E-state index in [1.54, 1.807) is 0 Å². The molecule has 3 amide bonds. The van der Waals surface area contributed by atoms with Crippen LogP contribution < -0.4 is 10.6 Å². The van der Waals surface area contributed by atoms with Gasteiger partial charge in [-0.15, -0.1) is 0 Å². The molecule has 0 fully saturated rings. The van der Waals surface area contributed by atoms with Crippen LogP contribution in [0.4, 0.5) is 9.93 Å². The maximum Gasteiger partial charge on any atom is 0.321 e. The van der Waals surface area contributed by atoms with Crippen molar-refractivity contribution in [1.82, 2.24) is 24.8 Å². The molecule has 0 aromatic carbocycles. The van der Waals surface area contributed by atoms with Crippen LogP contribution in [0, 0.1) is 6.92 Å². The molecular formula is C19H22N6O2S2. The van der Waals surface area contributed by atoms with Gasteiger partial charge in [-0.2, -0.15) is 0 Å². The zero-order valence-corrected chi connectivity index (χ0v) is 18.1. The number of hydrogen-bond donors (Lipinski definition) is 2. The maximum absolute atomic E-state index is 13.1. The van der Waals surface area contributed by atoms with E-state index in [0.717, 1.165) is 21.4 Å². The van der Waals surface area contributed by atoms with Gasteiger partial charge >= 0.3 is 6.03 Å². The number of hydrogen-bond acceptors (Lipinski definition) is 6. The third kappa shape index (κ3) is 4.18. The first kappa shape index (κ1) is 19.6. The van der Waals surface area contributed by atoms with Crippen LogP contribution in [0.2, 0.25) is 0 Å². The Bertz CT molecular complexity index is 1040. The molecule has 8 nitrogen and oxygen atoms in total. The SMILES string of the molecule is Cc1nc(-n2cccc2)sc1C(=O)N1CCc2nc(NC(=O)NC(C)C)sc2C1. The fraction of sp³-hybridized carbons (Fsp3) is 0.368. The van der Waals surface area contributed by atoms with Crippen molar-refractivity contribution in [3.63, 3.8) is 0 Å². The van der Waals surface area contributed by atoms with E-state index >= 15 is 0 Å². The molecule has 1 aliphatic rings. The molecule has 0 atom stereocenters. The number of aryl methyl sites for hydroxylation is 1. The summed E-state index contributed by atoms with van der Waals surface area (Å²) in [7, 11) is 0. The third-order valence-electron chi connectivity index (χ3n) is 4.46. The number of carbonyl (C=O) groups excluding carboxylic acids is 2. The molecule has 152 valence electrons. The number of nitrogens with one attached hydrogen (secondary N) is 2. The molecule has 4 rings (SSSR count). The highest BCUT2D eigenvalue weighted by atomic mass is 32.1. The second kappa shape index (κ2) is 7.96. The predicted octanol–water partition coefficient (Wildman–Crippen LogP) is 3.43. The number of fused-ring (bicyclic) bond motifs is 1. The van der Waals surface area contributed by atoms with E-state index in [9.17, 15) is 9.59 Å². The summed E-state index contributed by atoms with van der Waals surface area (Å²) >= 11 is 2.82. The minimum Gasteiger partial charge on any atom is -0.336 e. The number of thiazole rings is 2. The molecule has 10 heteroatoms. The lowest BCUT2D eigenvalue weighted by atomic mass is 10.1. The zero-order valence-electron chi connectivity index (χ0n) is 16.4. The van der Waals surface area contributed by atoms with Gasteiger partial charge in [-0.1, -0.05) is 22.7 Å². The fourth-order valence-corrected chi connectivity index (χ4v) is 5.14. The summed E-state index contributed by atoms with van der Waals surface area (Å²) in [5.74, 6) is -0.00971. The molecule has 4 heterocycles. The molecule has 29 heavy (non-hydrogen) atoms. The molecule has 0 bridgehead atoms. The van der Waals surface area contributed by atoms with Crippen LogP contribution in [0.25, 0.3) is 5.13 Å². The topological polar surface area (TPSA) is 92.2 Å². The smallest absolute Gasteiger partial charge is 0.321 e. The highest BCUT2D eigenvalue weighted by Crippen LogP contribution is 2.30. The Morgan fingerprint density at radius 1 is 1.17 bits per heavy atom. The maximum atomic E-state index is 13.1. The summed E-state index contributed by atoms with van der Waals surface area (Å²) in [6.45, 7) is 6.77.